The summed E-state index contributed by atoms with van der Waals surface area (Å²) in [6.07, 6.45) is 6.54. The molecule has 2 rings (SSSR count). The summed E-state index contributed by atoms with van der Waals surface area (Å²) in [5, 5.41) is 8.29. The Hall–Kier alpha value is -0.530. The highest BCUT2D eigenvalue weighted by molar-refractivity contribution is 5.82. The second-order valence-corrected chi connectivity index (χ2v) is 5.72. The molecule has 1 N–H and O–H groups in total. The lowest BCUT2D eigenvalue weighted by atomic mass is 9.90. The van der Waals surface area contributed by atoms with Crippen molar-refractivity contribution < 1.29 is 0 Å². The molecule has 0 bridgehead atoms. The van der Waals surface area contributed by atoms with E-state index in [4.69, 9.17) is 5.41 Å². The highest BCUT2D eigenvalue weighted by atomic mass is 15.2. The third kappa shape index (κ3) is 2.53. The molecule has 1 aliphatic heterocycles. The molecule has 0 aromatic rings. The van der Waals surface area contributed by atoms with Crippen molar-refractivity contribution in [1.82, 2.24) is 4.90 Å². The van der Waals surface area contributed by atoms with Crippen LogP contribution in [0.2, 0.25) is 0 Å². The first-order valence-corrected chi connectivity index (χ1v) is 6.50. The van der Waals surface area contributed by atoms with Gasteiger partial charge in [0, 0.05) is 19.0 Å². The van der Waals surface area contributed by atoms with Crippen LogP contribution in [0.3, 0.4) is 0 Å². The first-order chi connectivity index (χ1) is 7.16. The molecule has 2 aliphatic rings. The number of nitrogens with one attached hydrogen (secondary N) is 1. The van der Waals surface area contributed by atoms with E-state index in [-0.39, 0.29) is 0 Å². The van der Waals surface area contributed by atoms with Gasteiger partial charge in [0.15, 0.2) is 0 Å². The molecule has 2 nitrogen and oxygen atoms in total. The average Bonchev–Trinajstić information content (AvgIpc) is 2.67. The maximum absolute atomic E-state index is 8.29. The fraction of sp³-hybridized carbons (Fsp3) is 0.923. The summed E-state index contributed by atoms with van der Waals surface area (Å²) in [7, 11) is 0. The van der Waals surface area contributed by atoms with Gasteiger partial charge in [0.05, 0.1) is 5.84 Å². The van der Waals surface area contributed by atoms with Crippen LogP contribution in [0.1, 0.15) is 46.0 Å². The van der Waals surface area contributed by atoms with Gasteiger partial charge in [-0.05, 0) is 31.1 Å². The van der Waals surface area contributed by atoms with Crippen molar-refractivity contribution in [3.63, 3.8) is 0 Å². The van der Waals surface area contributed by atoms with E-state index in [2.05, 4.69) is 18.7 Å². The monoisotopic (exact) mass is 208 g/mol. The molecule has 0 aromatic heterocycles. The van der Waals surface area contributed by atoms with E-state index in [9.17, 15) is 0 Å². The number of hydrogen-bond donors (Lipinski definition) is 1. The van der Waals surface area contributed by atoms with Crippen molar-refractivity contribution in [2.75, 3.05) is 13.1 Å². The molecule has 2 fully saturated rings. The lowest BCUT2D eigenvalue weighted by molar-refractivity contribution is 0.205. The van der Waals surface area contributed by atoms with Crippen LogP contribution >= 0.6 is 0 Å². The van der Waals surface area contributed by atoms with Crippen molar-refractivity contribution in [2.24, 2.45) is 17.8 Å². The predicted octanol–water partition coefficient (Wildman–Crippen LogP) is 3.13. The predicted molar refractivity (Wildman–Crippen MR) is 64.2 cm³/mol. The summed E-state index contributed by atoms with van der Waals surface area (Å²) in [5.74, 6) is 3.08. The summed E-state index contributed by atoms with van der Waals surface area (Å²) in [6.45, 7) is 6.90. The first kappa shape index (κ1) is 11.0. The minimum absolute atomic E-state index is 0.586. The Morgan fingerprint density at radius 1 is 1.07 bits per heavy atom. The van der Waals surface area contributed by atoms with E-state index in [1.54, 1.807) is 0 Å². The van der Waals surface area contributed by atoms with Crippen LogP contribution in [-0.4, -0.2) is 23.8 Å². The number of likely N-dealkylation sites (tertiary alicyclic amines) is 1. The molecule has 2 heteroatoms. The Labute approximate surface area is 93.6 Å². The normalized spacial score (nSPS) is 33.3. The highest BCUT2D eigenvalue weighted by Gasteiger charge is 2.28. The van der Waals surface area contributed by atoms with E-state index in [0.29, 0.717) is 5.92 Å². The third-order valence-electron chi connectivity index (χ3n) is 3.95. The Morgan fingerprint density at radius 3 is 2.13 bits per heavy atom. The summed E-state index contributed by atoms with van der Waals surface area (Å²) >= 11 is 0. The van der Waals surface area contributed by atoms with Gasteiger partial charge < -0.3 is 4.90 Å². The van der Waals surface area contributed by atoms with E-state index >= 15 is 0 Å². The molecule has 0 aromatic carbocycles. The zero-order valence-electron chi connectivity index (χ0n) is 10.1. The fourth-order valence-corrected chi connectivity index (χ4v) is 3.32. The zero-order valence-corrected chi connectivity index (χ0v) is 10.1. The topological polar surface area (TPSA) is 27.1 Å². The first-order valence-electron chi connectivity index (χ1n) is 6.50. The Morgan fingerprint density at radius 2 is 1.60 bits per heavy atom. The molecular weight excluding hydrogens is 184 g/mol. The van der Waals surface area contributed by atoms with Crippen LogP contribution in [0.4, 0.5) is 0 Å². The van der Waals surface area contributed by atoms with Crippen LogP contribution in [0.15, 0.2) is 0 Å². The van der Waals surface area contributed by atoms with Gasteiger partial charge in [0.1, 0.15) is 0 Å². The minimum atomic E-state index is 0.586. The molecule has 15 heavy (non-hydrogen) atoms. The number of hydrogen-bond acceptors (Lipinski definition) is 1. The van der Waals surface area contributed by atoms with Crippen LogP contribution in [-0.2, 0) is 0 Å². The van der Waals surface area contributed by atoms with Crippen molar-refractivity contribution >= 4 is 5.84 Å². The van der Waals surface area contributed by atoms with Gasteiger partial charge >= 0.3 is 0 Å². The van der Waals surface area contributed by atoms with Crippen molar-refractivity contribution in [1.29, 1.82) is 5.41 Å². The van der Waals surface area contributed by atoms with Crippen molar-refractivity contribution in [3.05, 3.63) is 0 Å². The van der Waals surface area contributed by atoms with Gasteiger partial charge in [-0.2, -0.15) is 0 Å². The van der Waals surface area contributed by atoms with E-state index in [1.807, 2.05) is 0 Å². The lowest BCUT2D eigenvalue weighted by Gasteiger charge is -2.38. The quantitative estimate of drug-likeness (QED) is 0.520. The van der Waals surface area contributed by atoms with Crippen LogP contribution in [0, 0.1) is 23.2 Å². The summed E-state index contributed by atoms with van der Waals surface area (Å²) in [5.41, 5.74) is 0. The molecule has 1 aliphatic carbocycles. The third-order valence-corrected chi connectivity index (χ3v) is 3.95. The average molecular weight is 208 g/mol. The summed E-state index contributed by atoms with van der Waals surface area (Å²) in [4.78, 5) is 2.36. The zero-order chi connectivity index (χ0) is 10.8. The summed E-state index contributed by atoms with van der Waals surface area (Å²) < 4.78 is 0. The molecule has 1 saturated carbocycles. The Balaban J connectivity index is 1.93. The van der Waals surface area contributed by atoms with E-state index in [0.717, 1.165) is 30.8 Å². The van der Waals surface area contributed by atoms with Gasteiger partial charge in [-0.1, -0.05) is 26.7 Å². The smallest absolute Gasteiger partial charge is 0.0989 e. The van der Waals surface area contributed by atoms with Gasteiger partial charge in [0.25, 0.3) is 0 Å². The van der Waals surface area contributed by atoms with Gasteiger partial charge in [-0.3, -0.25) is 5.41 Å². The molecule has 1 heterocycles. The Bertz CT molecular complexity index is 221. The van der Waals surface area contributed by atoms with Gasteiger partial charge in [-0.15, -0.1) is 0 Å². The largest absolute Gasteiger partial charge is 0.360 e. The lowest BCUT2D eigenvalue weighted by Crippen LogP contribution is -2.44. The fourth-order valence-electron chi connectivity index (χ4n) is 3.32. The maximum Gasteiger partial charge on any atom is 0.0989 e. The molecule has 2 unspecified atom stereocenters. The van der Waals surface area contributed by atoms with Crippen molar-refractivity contribution in [3.8, 4) is 0 Å². The molecule has 2 atom stereocenters. The maximum atomic E-state index is 8.29. The van der Waals surface area contributed by atoms with Gasteiger partial charge in [-0.25, -0.2) is 0 Å². The molecule has 1 saturated heterocycles. The van der Waals surface area contributed by atoms with Crippen LogP contribution in [0.5, 0.6) is 0 Å². The molecule has 0 radical (unpaired) electrons. The summed E-state index contributed by atoms with van der Waals surface area (Å²) in [6, 6.07) is 0. The Kier molecular flexibility index (Phi) is 3.32. The minimum Gasteiger partial charge on any atom is -0.360 e. The second-order valence-electron chi connectivity index (χ2n) is 5.72. The molecule has 0 amide bonds. The molecule has 86 valence electrons. The molecular formula is C13H24N2. The number of rotatable bonds is 1. The van der Waals surface area contributed by atoms with Crippen molar-refractivity contribution in [2.45, 2.75) is 46.0 Å². The molecule has 0 spiro atoms. The number of piperidine rings is 1. The van der Waals surface area contributed by atoms with E-state index < -0.39 is 0 Å². The number of amidine groups is 1. The second kappa shape index (κ2) is 4.54. The van der Waals surface area contributed by atoms with Crippen LogP contribution in [0.25, 0.3) is 0 Å². The van der Waals surface area contributed by atoms with Gasteiger partial charge in [0.2, 0.25) is 0 Å². The SMILES string of the molecule is CC1CC(C)CN(C(=N)C2CCCC2)C1. The van der Waals surface area contributed by atoms with E-state index in [1.165, 1.54) is 32.1 Å². The van der Waals surface area contributed by atoms with Crippen LogP contribution < -0.4 is 0 Å². The standard InChI is InChI=1S/C13H24N2/c1-10-7-11(2)9-15(8-10)13(14)12-5-3-4-6-12/h10-12,14H,3-9H2,1-2H3. The number of nitrogens with zero attached hydrogens (tertiary/aromatic N) is 1. The highest BCUT2D eigenvalue weighted by Crippen LogP contribution is 2.29.